The number of aliphatic hydroxyl groups is 1. The van der Waals surface area contributed by atoms with Crippen LogP contribution in [-0.4, -0.2) is 26.4 Å². The van der Waals surface area contributed by atoms with E-state index < -0.39 is 4.92 Å². The molecule has 1 aromatic rings. The second kappa shape index (κ2) is 3.40. The minimum Gasteiger partial charge on any atom is -0.394 e. The average molecular weight is 186 g/mol. The normalized spacial score (nSPS) is 10.3. The zero-order valence-corrected chi connectivity index (χ0v) is 7.10. The maximum Gasteiger partial charge on any atom is 0.333 e. The fourth-order valence-corrected chi connectivity index (χ4v) is 1.08. The lowest BCUT2D eigenvalue weighted by Crippen LogP contribution is -2.08. The third-order valence-electron chi connectivity index (χ3n) is 1.63. The van der Waals surface area contributed by atoms with Crippen molar-refractivity contribution >= 4 is 11.5 Å². The Bertz CT molecular complexity index is 333. The number of hydrogen-bond acceptors (Lipinski definition) is 5. The third kappa shape index (κ3) is 1.59. The van der Waals surface area contributed by atoms with Gasteiger partial charge in [-0.25, -0.2) is 4.68 Å². The van der Waals surface area contributed by atoms with Gasteiger partial charge in [-0.2, -0.15) is 5.10 Å². The van der Waals surface area contributed by atoms with Crippen LogP contribution in [0.15, 0.2) is 0 Å². The van der Waals surface area contributed by atoms with Crippen molar-refractivity contribution < 1.29 is 10.0 Å². The number of aryl methyl sites for hydroxylation is 1. The topological polar surface area (TPSA) is 107 Å². The molecule has 0 radical (unpaired) electrons. The average Bonchev–Trinajstić information content (AvgIpc) is 2.28. The quantitative estimate of drug-likeness (QED) is 0.496. The highest BCUT2D eigenvalue weighted by atomic mass is 16.6. The van der Waals surface area contributed by atoms with Crippen LogP contribution < -0.4 is 5.73 Å². The lowest BCUT2D eigenvalue weighted by Gasteiger charge is -1.97. The first kappa shape index (κ1) is 9.46. The van der Waals surface area contributed by atoms with E-state index in [9.17, 15) is 10.1 Å². The highest BCUT2D eigenvalue weighted by molar-refractivity contribution is 5.55. The summed E-state index contributed by atoms with van der Waals surface area (Å²) < 4.78 is 1.22. The molecule has 0 aliphatic carbocycles. The van der Waals surface area contributed by atoms with Crippen molar-refractivity contribution in [3.05, 3.63) is 15.8 Å². The van der Waals surface area contributed by atoms with E-state index in [-0.39, 0.29) is 30.4 Å². The Labute approximate surface area is 73.9 Å². The minimum atomic E-state index is -0.578. The van der Waals surface area contributed by atoms with Gasteiger partial charge in [-0.15, -0.1) is 0 Å². The fourth-order valence-electron chi connectivity index (χ4n) is 1.08. The van der Waals surface area contributed by atoms with E-state index in [1.54, 1.807) is 0 Å². The van der Waals surface area contributed by atoms with Crippen LogP contribution in [0.1, 0.15) is 5.69 Å². The predicted molar refractivity (Wildman–Crippen MR) is 45.1 cm³/mol. The monoisotopic (exact) mass is 186 g/mol. The minimum absolute atomic E-state index is 0.0171. The van der Waals surface area contributed by atoms with Gasteiger partial charge >= 0.3 is 5.69 Å². The van der Waals surface area contributed by atoms with E-state index in [4.69, 9.17) is 10.8 Å². The lowest BCUT2D eigenvalue weighted by atomic mass is 10.4. The summed E-state index contributed by atoms with van der Waals surface area (Å²) in [5, 5.41) is 22.9. The molecule has 0 aromatic carbocycles. The van der Waals surface area contributed by atoms with Crippen LogP contribution in [0.3, 0.4) is 0 Å². The van der Waals surface area contributed by atoms with Gasteiger partial charge < -0.3 is 10.8 Å². The Morgan fingerprint density at radius 3 is 2.77 bits per heavy atom. The van der Waals surface area contributed by atoms with E-state index >= 15 is 0 Å². The molecule has 0 bridgehead atoms. The standard InChI is InChI=1S/C6H10N4O3/c1-4-5(10(12)13)6(7)9(8-4)2-3-11/h11H,2-3,7H2,1H3. The van der Waals surface area contributed by atoms with Crippen LogP contribution in [-0.2, 0) is 6.54 Å². The number of nitrogen functional groups attached to an aromatic ring is 1. The van der Waals surface area contributed by atoms with Crippen LogP contribution in [0.4, 0.5) is 11.5 Å². The molecule has 13 heavy (non-hydrogen) atoms. The first-order chi connectivity index (χ1) is 6.07. The van der Waals surface area contributed by atoms with Crippen LogP contribution in [0.2, 0.25) is 0 Å². The summed E-state index contributed by atoms with van der Waals surface area (Å²) in [5.41, 5.74) is 5.51. The first-order valence-electron chi connectivity index (χ1n) is 3.66. The maximum atomic E-state index is 10.5. The molecule has 1 rings (SSSR count). The molecule has 0 aliphatic rings. The fraction of sp³-hybridized carbons (Fsp3) is 0.500. The third-order valence-corrected chi connectivity index (χ3v) is 1.63. The number of nitrogens with two attached hydrogens (primary N) is 1. The summed E-state index contributed by atoms with van der Waals surface area (Å²) in [6, 6.07) is 0. The van der Waals surface area contributed by atoms with E-state index in [0.717, 1.165) is 0 Å². The van der Waals surface area contributed by atoms with Gasteiger partial charge in [-0.3, -0.25) is 10.1 Å². The largest absolute Gasteiger partial charge is 0.394 e. The summed E-state index contributed by atoms with van der Waals surface area (Å²) in [5.74, 6) is -0.0171. The zero-order valence-electron chi connectivity index (χ0n) is 7.10. The number of nitro groups is 1. The molecule has 3 N–H and O–H groups in total. The predicted octanol–water partition coefficient (Wildman–Crippen LogP) is -0.326. The Hall–Kier alpha value is -1.63. The van der Waals surface area contributed by atoms with Crippen LogP contribution in [0.5, 0.6) is 0 Å². The van der Waals surface area contributed by atoms with Crippen molar-refractivity contribution in [3.8, 4) is 0 Å². The molecule has 7 nitrogen and oxygen atoms in total. The second-order valence-electron chi connectivity index (χ2n) is 2.52. The Kier molecular flexibility index (Phi) is 2.47. The summed E-state index contributed by atoms with van der Waals surface area (Å²) in [6.45, 7) is 1.52. The van der Waals surface area contributed by atoms with Gasteiger partial charge in [0.2, 0.25) is 5.82 Å². The molecule has 0 atom stereocenters. The van der Waals surface area contributed by atoms with E-state index in [1.807, 2.05) is 0 Å². The SMILES string of the molecule is Cc1nn(CCO)c(N)c1[N+](=O)[O-]. The molecule has 0 saturated carbocycles. The molecule has 0 saturated heterocycles. The number of anilines is 1. The van der Waals surface area contributed by atoms with Gasteiger partial charge in [0.05, 0.1) is 18.1 Å². The molecule has 0 amide bonds. The summed E-state index contributed by atoms with van der Waals surface area (Å²) >= 11 is 0. The summed E-state index contributed by atoms with van der Waals surface area (Å²) in [6.07, 6.45) is 0. The maximum absolute atomic E-state index is 10.5. The molecule has 0 spiro atoms. The van der Waals surface area contributed by atoms with Gasteiger partial charge in [-0.05, 0) is 6.92 Å². The van der Waals surface area contributed by atoms with Crippen molar-refractivity contribution in [1.29, 1.82) is 0 Å². The van der Waals surface area contributed by atoms with Gasteiger partial charge in [0, 0.05) is 0 Å². The highest BCUT2D eigenvalue weighted by Crippen LogP contribution is 2.24. The number of hydrogen-bond donors (Lipinski definition) is 2. The number of nitrogens with zero attached hydrogens (tertiary/aromatic N) is 3. The Morgan fingerprint density at radius 2 is 2.38 bits per heavy atom. The van der Waals surface area contributed by atoms with Crippen molar-refractivity contribution in [2.45, 2.75) is 13.5 Å². The van der Waals surface area contributed by atoms with Crippen molar-refractivity contribution in [2.24, 2.45) is 0 Å². The van der Waals surface area contributed by atoms with Crippen molar-refractivity contribution in [1.82, 2.24) is 9.78 Å². The summed E-state index contributed by atoms with van der Waals surface area (Å²) in [4.78, 5) is 9.89. The molecule has 7 heteroatoms. The molecule has 1 aromatic heterocycles. The Morgan fingerprint density at radius 1 is 1.77 bits per heavy atom. The van der Waals surface area contributed by atoms with Gasteiger partial charge in [0.15, 0.2) is 0 Å². The molecule has 0 aliphatic heterocycles. The molecular formula is C6H10N4O3. The summed E-state index contributed by atoms with van der Waals surface area (Å²) in [7, 11) is 0. The highest BCUT2D eigenvalue weighted by Gasteiger charge is 2.22. The number of rotatable bonds is 3. The molecule has 0 fully saturated rings. The number of aliphatic hydroxyl groups excluding tert-OH is 1. The van der Waals surface area contributed by atoms with Gasteiger partial charge in [0.25, 0.3) is 0 Å². The zero-order chi connectivity index (χ0) is 10.0. The van der Waals surface area contributed by atoms with E-state index in [0.29, 0.717) is 0 Å². The molecular weight excluding hydrogens is 176 g/mol. The smallest absolute Gasteiger partial charge is 0.333 e. The van der Waals surface area contributed by atoms with E-state index in [1.165, 1.54) is 11.6 Å². The molecule has 1 heterocycles. The molecule has 0 unspecified atom stereocenters. The van der Waals surface area contributed by atoms with Crippen LogP contribution in [0, 0.1) is 17.0 Å². The van der Waals surface area contributed by atoms with Crippen LogP contribution >= 0.6 is 0 Å². The van der Waals surface area contributed by atoms with E-state index in [2.05, 4.69) is 5.10 Å². The molecule has 72 valence electrons. The number of aromatic nitrogens is 2. The van der Waals surface area contributed by atoms with Crippen LogP contribution in [0.25, 0.3) is 0 Å². The van der Waals surface area contributed by atoms with Gasteiger partial charge in [-0.1, -0.05) is 0 Å². The van der Waals surface area contributed by atoms with Gasteiger partial charge in [0.1, 0.15) is 5.69 Å². The van der Waals surface area contributed by atoms with Crippen molar-refractivity contribution in [3.63, 3.8) is 0 Å². The first-order valence-corrected chi connectivity index (χ1v) is 3.66. The Balaban J connectivity index is 3.14. The lowest BCUT2D eigenvalue weighted by molar-refractivity contribution is -0.384. The second-order valence-corrected chi connectivity index (χ2v) is 2.52. The van der Waals surface area contributed by atoms with Crippen molar-refractivity contribution in [2.75, 3.05) is 12.3 Å².